The Bertz CT molecular complexity index is 555. The number of rotatable bonds is 4. The van der Waals surface area contributed by atoms with Crippen LogP contribution in [0.15, 0.2) is 47.5 Å². The Morgan fingerprint density at radius 1 is 1.28 bits per heavy atom. The molecular formula is C13H12N2OS2. The van der Waals surface area contributed by atoms with Gasteiger partial charge in [-0.25, -0.2) is 4.98 Å². The first-order valence-corrected chi connectivity index (χ1v) is 6.90. The van der Waals surface area contributed by atoms with Crippen LogP contribution in [0.1, 0.15) is 5.69 Å². The predicted octanol–water partition coefficient (Wildman–Crippen LogP) is 3.23. The fourth-order valence-electron chi connectivity index (χ4n) is 1.43. The molecule has 0 aliphatic rings. The van der Waals surface area contributed by atoms with Crippen molar-refractivity contribution in [2.45, 2.75) is 4.90 Å². The summed E-state index contributed by atoms with van der Waals surface area (Å²) in [7, 11) is 0. The minimum Gasteiger partial charge on any atom is -0.455 e. The van der Waals surface area contributed by atoms with Gasteiger partial charge in [-0.15, -0.1) is 11.8 Å². The second kappa shape index (κ2) is 5.84. The molecule has 0 aliphatic carbocycles. The molecular weight excluding hydrogens is 264 g/mol. The van der Waals surface area contributed by atoms with Crippen molar-refractivity contribution in [3.05, 3.63) is 48.3 Å². The van der Waals surface area contributed by atoms with Gasteiger partial charge in [0.15, 0.2) is 5.75 Å². The molecule has 0 amide bonds. The summed E-state index contributed by atoms with van der Waals surface area (Å²) in [6.45, 7) is 0. The number of thioether (sulfide) groups is 1. The molecule has 2 rings (SSSR count). The number of ether oxygens (including phenoxy) is 1. The number of nitrogens with zero attached hydrogens (tertiary/aromatic N) is 1. The van der Waals surface area contributed by atoms with Gasteiger partial charge in [-0.3, -0.25) is 0 Å². The number of nitrogens with two attached hydrogens (primary N) is 1. The Morgan fingerprint density at radius 2 is 2.00 bits per heavy atom. The van der Waals surface area contributed by atoms with E-state index in [1.54, 1.807) is 30.1 Å². The van der Waals surface area contributed by atoms with E-state index in [0.717, 1.165) is 5.75 Å². The molecule has 92 valence electrons. The van der Waals surface area contributed by atoms with E-state index in [0.29, 0.717) is 11.4 Å². The highest BCUT2D eigenvalue weighted by molar-refractivity contribution is 7.98. The van der Waals surface area contributed by atoms with Gasteiger partial charge >= 0.3 is 0 Å². The number of hydrogen-bond donors (Lipinski definition) is 1. The van der Waals surface area contributed by atoms with E-state index in [1.165, 1.54) is 4.90 Å². The quantitative estimate of drug-likeness (QED) is 0.686. The molecule has 0 spiro atoms. The predicted molar refractivity (Wildman–Crippen MR) is 78.4 cm³/mol. The van der Waals surface area contributed by atoms with Crippen LogP contribution in [0.25, 0.3) is 0 Å². The first kappa shape index (κ1) is 12.9. The molecule has 5 heteroatoms. The van der Waals surface area contributed by atoms with E-state index in [4.69, 9.17) is 22.7 Å². The van der Waals surface area contributed by atoms with Crippen LogP contribution in [-0.2, 0) is 0 Å². The lowest BCUT2D eigenvalue weighted by molar-refractivity contribution is 0.479. The van der Waals surface area contributed by atoms with Crippen molar-refractivity contribution in [2.75, 3.05) is 6.26 Å². The minimum absolute atomic E-state index is 0.228. The summed E-state index contributed by atoms with van der Waals surface area (Å²) in [5.74, 6) is 1.31. The molecule has 0 bridgehead atoms. The molecule has 0 aliphatic heterocycles. The Balaban J connectivity index is 2.25. The van der Waals surface area contributed by atoms with Gasteiger partial charge in [-0.2, -0.15) is 0 Å². The highest BCUT2D eigenvalue weighted by Gasteiger charge is 2.08. The van der Waals surface area contributed by atoms with Crippen LogP contribution in [0, 0.1) is 0 Å². The molecule has 3 nitrogen and oxygen atoms in total. The summed E-state index contributed by atoms with van der Waals surface area (Å²) in [6.07, 6.45) is 3.67. The highest BCUT2D eigenvalue weighted by atomic mass is 32.2. The van der Waals surface area contributed by atoms with Gasteiger partial charge in [0, 0.05) is 11.1 Å². The number of aromatic nitrogens is 1. The Kier molecular flexibility index (Phi) is 4.17. The van der Waals surface area contributed by atoms with Crippen LogP contribution < -0.4 is 10.5 Å². The van der Waals surface area contributed by atoms with E-state index >= 15 is 0 Å². The van der Waals surface area contributed by atoms with E-state index < -0.39 is 0 Å². The first-order chi connectivity index (χ1) is 8.70. The van der Waals surface area contributed by atoms with Gasteiger partial charge in [-0.1, -0.05) is 12.2 Å². The summed E-state index contributed by atoms with van der Waals surface area (Å²) in [5, 5.41) is 0. The topological polar surface area (TPSA) is 48.1 Å². The lowest BCUT2D eigenvalue weighted by atomic mass is 10.3. The molecule has 0 atom stereocenters. The highest BCUT2D eigenvalue weighted by Crippen LogP contribution is 2.25. The average molecular weight is 276 g/mol. The van der Waals surface area contributed by atoms with E-state index in [9.17, 15) is 0 Å². The first-order valence-electron chi connectivity index (χ1n) is 5.27. The lowest BCUT2D eigenvalue weighted by Crippen LogP contribution is -2.12. The number of thiocarbonyl (C=S) groups is 1. The lowest BCUT2D eigenvalue weighted by Gasteiger charge is -2.09. The van der Waals surface area contributed by atoms with Crippen LogP contribution in [0.5, 0.6) is 11.5 Å². The van der Waals surface area contributed by atoms with Crippen molar-refractivity contribution in [2.24, 2.45) is 5.73 Å². The van der Waals surface area contributed by atoms with E-state index in [-0.39, 0.29) is 4.99 Å². The Labute approximate surface area is 115 Å². The maximum Gasteiger partial charge on any atom is 0.156 e. The van der Waals surface area contributed by atoms with Crippen LogP contribution in [0.2, 0.25) is 0 Å². The third-order valence-electron chi connectivity index (χ3n) is 2.29. The molecule has 2 aromatic rings. The largest absolute Gasteiger partial charge is 0.455 e. The molecule has 0 saturated carbocycles. The SMILES string of the molecule is CSc1ccc(Oc2cccnc2C(N)=S)cc1. The van der Waals surface area contributed by atoms with Crippen molar-refractivity contribution in [1.29, 1.82) is 0 Å². The molecule has 1 heterocycles. The zero-order valence-corrected chi connectivity index (χ0v) is 11.4. The molecule has 0 radical (unpaired) electrons. The maximum absolute atomic E-state index is 5.73. The van der Waals surface area contributed by atoms with Gasteiger partial charge in [-0.05, 0) is 42.7 Å². The minimum atomic E-state index is 0.228. The fraction of sp³-hybridized carbons (Fsp3) is 0.0769. The second-order valence-corrected chi connectivity index (χ2v) is 4.81. The van der Waals surface area contributed by atoms with Crippen molar-refractivity contribution < 1.29 is 4.74 Å². The molecule has 18 heavy (non-hydrogen) atoms. The molecule has 2 N–H and O–H groups in total. The van der Waals surface area contributed by atoms with Crippen LogP contribution in [0.3, 0.4) is 0 Å². The smallest absolute Gasteiger partial charge is 0.156 e. The summed E-state index contributed by atoms with van der Waals surface area (Å²) in [5.41, 5.74) is 6.10. The van der Waals surface area contributed by atoms with E-state index in [1.807, 2.05) is 30.5 Å². The van der Waals surface area contributed by atoms with Gasteiger partial charge in [0.2, 0.25) is 0 Å². The summed E-state index contributed by atoms with van der Waals surface area (Å²) < 4.78 is 5.73. The summed E-state index contributed by atoms with van der Waals surface area (Å²) >= 11 is 6.62. The van der Waals surface area contributed by atoms with Crippen molar-refractivity contribution >= 4 is 29.0 Å². The van der Waals surface area contributed by atoms with Gasteiger partial charge in [0.25, 0.3) is 0 Å². The zero-order chi connectivity index (χ0) is 13.0. The zero-order valence-electron chi connectivity index (χ0n) is 9.79. The van der Waals surface area contributed by atoms with Crippen molar-refractivity contribution in [3.8, 4) is 11.5 Å². The van der Waals surface area contributed by atoms with Gasteiger partial charge in [0.05, 0.1) is 0 Å². The molecule has 1 aromatic heterocycles. The molecule has 0 unspecified atom stereocenters. The summed E-state index contributed by atoms with van der Waals surface area (Å²) in [6, 6.07) is 11.4. The Hall–Kier alpha value is -1.59. The van der Waals surface area contributed by atoms with Crippen molar-refractivity contribution in [1.82, 2.24) is 4.98 Å². The second-order valence-electron chi connectivity index (χ2n) is 3.49. The molecule has 0 fully saturated rings. The number of pyridine rings is 1. The molecule has 1 aromatic carbocycles. The van der Waals surface area contributed by atoms with Crippen LogP contribution >= 0.6 is 24.0 Å². The fourth-order valence-corrected chi connectivity index (χ4v) is 1.99. The summed E-state index contributed by atoms with van der Waals surface area (Å²) in [4.78, 5) is 5.52. The van der Waals surface area contributed by atoms with E-state index in [2.05, 4.69) is 4.98 Å². The Morgan fingerprint density at radius 3 is 2.61 bits per heavy atom. The number of hydrogen-bond acceptors (Lipinski definition) is 4. The third-order valence-corrected chi connectivity index (χ3v) is 3.23. The van der Waals surface area contributed by atoms with Gasteiger partial charge < -0.3 is 10.5 Å². The molecule has 0 saturated heterocycles. The normalized spacial score (nSPS) is 10.1. The monoisotopic (exact) mass is 276 g/mol. The maximum atomic E-state index is 5.73. The number of benzene rings is 1. The van der Waals surface area contributed by atoms with Crippen molar-refractivity contribution in [3.63, 3.8) is 0 Å². The van der Waals surface area contributed by atoms with Crippen LogP contribution in [0.4, 0.5) is 0 Å². The van der Waals surface area contributed by atoms with Gasteiger partial charge in [0.1, 0.15) is 16.4 Å². The third kappa shape index (κ3) is 3.00. The average Bonchev–Trinajstić information content (AvgIpc) is 2.40. The standard InChI is InChI=1S/C13H12N2OS2/c1-18-10-6-4-9(5-7-10)16-11-3-2-8-15-12(11)13(14)17/h2-8H,1H3,(H2,14,17). The van der Waals surface area contributed by atoms with Crippen LogP contribution in [-0.4, -0.2) is 16.2 Å².